The summed E-state index contributed by atoms with van der Waals surface area (Å²) < 4.78 is 64.3. The van der Waals surface area contributed by atoms with Crippen LogP contribution in [-0.4, -0.2) is 17.6 Å². The molecule has 0 radical (unpaired) electrons. The van der Waals surface area contributed by atoms with Crippen molar-refractivity contribution in [1.82, 2.24) is 4.98 Å². The van der Waals surface area contributed by atoms with Crippen molar-refractivity contribution < 1.29 is 31.5 Å². The fraction of sp³-hybridized carbons (Fsp3) is 0.333. The first-order chi connectivity index (χ1) is 7.74. The van der Waals surface area contributed by atoms with E-state index < -0.39 is 29.8 Å². The average molecular weight is 255 g/mol. The maximum atomic E-state index is 12.5. The van der Waals surface area contributed by atoms with Crippen LogP contribution in [0.3, 0.4) is 0 Å². The summed E-state index contributed by atoms with van der Waals surface area (Å²) in [5.74, 6) is -1.16. The van der Waals surface area contributed by atoms with Crippen molar-refractivity contribution in [1.29, 1.82) is 0 Å². The van der Waals surface area contributed by atoms with Crippen molar-refractivity contribution in [3.05, 3.63) is 22.9 Å². The maximum absolute atomic E-state index is 12.5. The number of aryl methyl sites for hydroxylation is 1. The van der Waals surface area contributed by atoms with Gasteiger partial charge in [0.05, 0.1) is 5.56 Å². The third-order valence-corrected chi connectivity index (χ3v) is 1.75. The molecule has 1 heterocycles. The fourth-order valence-corrected chi connectivity index (χ4v) is 1.17. The number of rotatable bonds is 3. The molecule has 1 rings (SSSR count). The molecule has 3 nitrogen and oxygen atoms in total. The van der Waals surface area contributed by atoms with Crippen LogP contribution in [0, 0.1) is 6.92 Å². The van der Waals surface area contributed by atoms with E-state index in [9.17, 15) is 26.7 Å². The SMILES string of the molecule is Cc1cc(C(F)F)c(C=O)c(OC(F)(F)F)n1. The molecule has 17 heavy (non-hydrogen) atoms. The number of pyridine rings is 1. The van der Waals surface area contributed by atoms with E-state index in [4.69, 9.17) is 0 Å². The highest BCUT2D eigenvalue weighted by Crippen LogP contribution is 2.31. The molecule has 0 saturated heterocycles. The number of carbonyl (C=O) groups excluding carboxylic acids is 1. The molecule has 1 aromatic rings. The largest absolute Gasteiger partial charge is 0.574 e. The van der Waals surface area contributed by atoms with Crippen LogP contribution in [0.5, 0.6) is 5.88 Å². The molecule has 0 amide bonds. The van der Waals surface area contributed by atoms with Crippen LogP contribution in [0.2, 0.25) is 0 Å². The summed E-state index contributed by atoms with van der Waals surface area (Å²) >= 11 is 0. The molecule has 0 unspecified atom stereocenters. The van der Waals surface area contributed by atoms with Crippen LogP contribution < -0.4 is 4.74 Å². The average Bonchev–Trinajstić information content (AvgIpc) is 2.14. The Morgan fingerprint density at radius 3 is 2.41 bits per heavy atom. The summed E-state index contributed by atoms with van der Waals surface area (Å²) in [4.78, 5) is 13.8. The molecule has 0 atom stereocenters. The van der Waals surface area contributed by atoms with Crippen LogP contribution in [0.15, 0.2) is 6.07 Å². The minimum absolute atomic E-state index is 0.106. The number of aromatic nitrogens is 1. The molecular weight excluding hydrogens is 249 g/mol. The van der Waals surface area contributed by atoms with Crippen LogP contribution in [0.1, 0.15) is 28.0 Å². The molecule has 0 N–H and O–H groups in total. The normalized spacial score (nSPS) is 11.7. The lowest BCUT2D eigenvalue weighted by atomic mass is 10.1. The first-order valence-electron chi connectivity index (χ1n) is 4.25. The van der Waals surface area contributed by atoms with Crippen molar-refractivity contribution in [3.63, 3.8) is 0 Å². The number of ether oxygens (including phenoxy) is 1. The Morgan fingerprint density at radius 1 is 1.41 bits per heavy atom. The van der Waals surface area contributed by atoms with Crippen molar-refractivity contribution in [3.8, 4) is 5.88 Å². The molecule has 1 aromatic heterocycles. The van der Waals surface area contributed by atoms with Crippen LogP contribution in [0.25, 0.3) is 0 Å². The molecular formula is C9H6F5NO2. The van der Waals surface area contributed by atoms with Crippen molar-refractivity contribution >= 4 is 6.29 Å². The second-order valence-electron chi connectivity index (χ2n) is 3.04. The smallest absolute Gasteiger partial charge is 0.387 e. The van der Waals surface area contributed by atoms with Gasteiger partial charge >= 0.3 is 6.36 Å². The Kier molecular flexibility index (Phi) is 3.64. The molecule has 0 saturated carbocycles. The van der Waals surface area contributed by atoms with Gasteiger partial charge in [-0.05, 0) is 13.0 Å². The quantitative estimate of drug-likeness (QED) is 0.615. The minimum Gasteiger partial charge on any atom is -0.387 e. The predicted octanol–water partition coefficient (Wildman–Crippen LogP) is 3.04. The van der Waals surface area contributed by atoms with Gasteiger partial charge in [0.1, 0.15) is 0 Å². The zero-order valence-electron chi connectivity index (χ0n) is 8.39. The fourth-order valence-electron chi connectivity index (χ4n) is 1.17. The monoisotopic (exact) mass is 255 g/mol. The highest BCUT2D eigenvalue weighted by molar-refractivity contribution is 5.81. The summed E-state index contributed by atoms with van der Waals surface area (Å²) in [5.41, 5.74) is -1.85. The summed E-state index contributed by atoms with van der Waals surface area (Å²) in [6.45, 7) is 1.21. The number of aldehydes is 1. The Hall–Kier alpha value is -1.73. The van der Waals surface area contributed by atoms with Gasteiger partial charge in [0.2, 0.25) is 5.88 Å². The van der Waals surface area contributed by atoms with E-state index in [0.717, 1.165) is 6.07 Å². The number of carbonyl (C=O) groups is 1. The van der Waals surface area contributed by atoms with Crippen LogP contribution >= 0.6 is 0 Å². The van der Waals surface area contributed by atoms with E-state index in [-0.39, 0.29) is 12.0 Å². The van der Waals surface area contributed by atoms with Crippen LogP contribution in [-0.2, 0) is 0 Å². The molecule has 0 aliphatic heterocycles. The molecule has 0 aliphatic rings. The Morgan fingerprint density at radius 2 is 2.00 bits per heavy atom. The van der Waals surface area contributed by atoms with Crippen molar-refractivity contribution in [2.24, 2.45) is 0 Å². The Balaban J connectivity index is 3.33. The van der Waals surface area contributed by atoms with Gasteiger partial charge < -0.3 is 4.74 Å². The van der Waals surface area contributed by atoms with Gasteiger partial charge in [-0.3, -0.25) is 4.79 Å². The highest BCUT2D eigenvalue weighted by Gasteiger charge is 2.34. The Labute approximate surface area is 92.2 Å². The molecule has 0 aromatic carbocycles. The Bertz CT molecular complexity index is 430. The summed E-state index contributed by atoms with van der Waals surface area (Å²) in [5, 5.41) is 0. The van der Waals surface area contributed by atoms with Crippen molar-refractivity contribution in [2.75, 3.05) is 0 Å². The highest BCUT2D eigenvalue weighted by atomic mass is 19.4. The lowest BCUT2D eigenvalue weighted by Crippen LogP contribution is -2.20. The predicted molar refractivity (Wildman–Crippen MR) is 46.0 cm³/mol. The van der Waals surface area contributed by atoms with E-state index in [0.29, 0.717) is 0 Å². The lowest BCUT2D eigenvalue weighted by Gasteiger charge is -2.13. The number of halogens is 5. The van der Waals surface area contributed by atoms with E-state index in [1.54, 1.807) is 0 Å². The van der Waals surface area contributed by atoms with E-state index in [2.05, 4.69) is 9.72 Å². The molecule has 0 fully saturated rings. The number of nitrogens with zero attached hydrogens (tertiary/aromatic N) is 1. The third-order valence-electron chi connectivity index (χ3n) is 1.75. The number of hydrogen-bond acceptors (Lipinski definition) is 3. The number of hydrogen-bond donors (Lipinski definition) is 0. The molecule has 94 valence electrons. The maximum Gasteiger partial charge on any atom is 0.574 e. The second kappa shape index (κ2) is 4.64. The zero-order chi connectivity index (χ0) is 13.2. The van der Waals surface area contributed by atoms with E-state index >= 15 is 0 Å². The van der Waals surface area contributed by atoms with E-state index in [1.165, 1.54) is 6.92 Å². The van der Waals surface area contributed by atoms with Gasteiger partial charge in [0, 0.05) is 11.3 Å². The van der Waals surface area contributed by atoms with Gasteiger partial charge in [-0.25, -0.2) is 13.8 Å². The second-order valence-corrected chi connectivity index (χ2v) is 3.04. The van der Waals surface area contributed by atoms with Gasteiger partial charge in [0.15, 0.2) is 6.29 Å². The van der Waals surface area contributed by atoms with Crippen molar-refractivity contribution in [2.45, 2.75) is 19.7 Å². The minimum atomic E-state index is -5.10. The summed E-state index contributed by atoms with van der Waals surface area (Å²) in [6, 6.07) is 0.831. The molecule has 0 spiro atoms. The first-order valence-corrected chi connectivity index (χ1v) is 4.25. The number of alkyl halides is 5. The molecule has 8 heteroatoms. The zero-order valence-corrected chi connectivity index (χ0v) is 8.39. The molecule has 0 aliphatic carbocycles. The topological polar surface area (TPSA) is 39.2 Å². The van der Waals surface area contributed by atoms with Gasteiger partial charge in [-0.15, -0.1) is 13.2 Å². The first kappa shape index (κ1) is 13.3. The van der Waals surface area contributed by atoms with Gasteiger partial charge in [-0.1, -0.05) is 0 Å². The van der Waals surface area contributed by atoms with Crippen LogP contribution in [0.4, 0.5) is 22.0 Å². The summed E-state index contributed by atoms with van der Waals surface area (Å²) in [6.07, 6.45) is -8.33. The standard InChI is InChI=1S/C9H6F5NO2/c1-4-2-5(7(10)11)6(3-16)8(15-4)17-9(12,13)14/h2-3,7H,1H3. The third kappa shape index (κ3) is 3.36. The summed E-state index contributed by atoms with van der Waals surface area (Å²) in [7, 11) is 0. The van der Waals surface area contributed by atoms with Gasteiger partial charge in [0.25, 0.3) is 6.43 Å². The lowest BCUT2D eigenvalue weighted by molar-refractivity contribution is -0.276. The van der Waals surface area contributed by atoms with Gasteiger partial charge in [-0.2, -0.15) is 0 Å². The van der Waals surface area contributed by atoms with E-state index in [1.807, 2.05) is 0 Å². The molecule has 0 bridgehead atoms.